The number of hydrogen-bond acceptors (Lipinski definition) is 6. The summed E-state index contributed by atoms with van der Waals surface area (Å²) in [6, 6.07) is 7.51. The molecule has 2 aliphatic carbocycles. The predicted octanol–water partition coefficient (Wildman–Crippen LogP) is 11.4. The van der Waals surface area contributed by atoms with Crippen LogP contribution in [0.25, 0.3) is 5.57 Å². The number of Topliss-reactive ketones (excluding diaryl/α,β-unsaturated/α-hetero) is 1. The zero-order chi connectivity index (χ0) is 37.8. The van der Waals surface area contributed by atoms with Crippen molar-refractivity contribution in [2.45, 2.75) is 92.9 Å². The molecule has 0 aromatic heterocycles. The van der Waals surface area contributed by atoms with Gasteiger partial charge in [-0.25, -0.2) is 0 Å². The van der Waals surface area contributed by atoms with E-state index in [9.17, 15) is 9.59 Å². The average Bonchev–Trinajstić information content (AvgIpc) is 3.15. The van der Waals surface area contributed by atoms with Crippen LogP contribution in [0.3, 0.4) is 0 Å². The number of ether oxygens (including phenoxy) is 4. The van der Waals surface area contributed by atoms with Gasteiger partial charge in [-0.1, -0.05) is 42.9 Å². The minimum atomic E-state index is -0.0736. The third-order valence-electron chi connectivity index (χ3n) is 10.3. The Labute approximate surface area is 312 Å². The molecule has 0 N–H and O–H groups in total. The largest absolute Gasteiger partial charge is 0.493 e. The Balaban J connectivity index is 1.33. The standard InChI is InChI=1S/C46H58O6/c1-10-15-35-21-31(4)22-37(25-35)26-41(47)39-28-42(49-8)44(24-33(39)6)51-18-13-12-14-19-52-45-27-38-32(5)16-17-36(20-30(3)11-2)23-34(7)46(48)40(38)29-43(45)50-9/h11,15-16,22,24,26-29,34-36H,1,12-14,17-21,23,25H2,2-9H3/b30-11-,32-16?,37-26-/t34?,35-,36-/m1/s1. The summed E-state index contributed by atoms with van der Waals surface area (Å²) in [4.78, 5) is 27.0. The van der Waals surface area contributed by atoms with E-state index in [4.69, 9.17) is 18.9 Å². The van der Waals surface area contributed by atoms with Crippen molar-refractivity contribution < 1.29 is 28.5 Å². The van der Waals surface area contributed by atoms with Crippen LogP contribution in [0.2, 0.25) is 0 Å². The molecule has 0 amide bonds. The van der Waals surface area contributed by atoms with Gasteiger partial charge >= 0.3 is 0 Å². The molecule has 0 aliphatic heterocycles. The van der Waals surface area contributed by atoms with Crippen LogP contribution in [0.5, 0.6) is 23.0 Å². The van der Waals surface area contributed by atoms with Crippen molar-refractivity contribution in [1.29, 1.82) is 0 Å². The SMILES string of the molecule is C=C=C[C@@H]1CC(C)=C/C(=C/C(=O)c2cc(OC)c(OCCCCCOc3cc4c(cc3OC)C(=O)C(C)C[C@@H](C/C(C)=C\C)CC=C4C)cc2C)C1. The molecule has 0 spiro atoms. The van der Waals surface area contributed by atoms with Crippen molar-refractivity contribution in [3.63, 3.8) is 0 Å². The Morgan fingerprint density at radius 2 is 1.58 bits per heavy atom. The van der Waals surface area contributed by atoms with Crippen molar-refractivity contribution in [2.75, 3.05) is 27.4 Å². The molecule has 0 fully saturated rings. The Kier molecular flexibility index (Phi) is 15.0. The van der Waals surface area contributed by atoms with Gasteiger partial charge in [-0.3, -0.25) is 9.59 Å². The summed E-state index contributed by atoms with van der Waals surface area (Å²) in [5.41, 5.74) is 10.7. The minimum absolute atomic E-state index is 0.0436. The topological polar surface area (TPSA) is 71.1 Å². The Morgan fingerprint density at radius 3 is 2.23 bits per heavy atom. The van der Waals surface area contributed by atoms with Crippen LogP contribution in [0, 0.1) is 24.7 Å². The zero-order valence-corrected chi connectivity index (χ0v) is 32.7. The normalized spacial score (nSPS) is 20.0. The number of benzene rings is 2. The second-order valence-electron chi connectivity index (χ2n) is 14.6. The molecule has 52 heavy (non-hydrogen) atoms. The van der Waals surface area contributed by atoms with Crippen LogP contribution >= 0.6 is 0 Å². The fourth-order valence-corrected chi connectivity index (χ4v) is 7.32. The number of carbonyl (C=O) groups is 2. The van der Waals surface area contributed by atoms with Gasteiger partial charge in [0.1, 0.15) is 0 Å². The summed E-state index contributed by atoms with van der Waals surface area (Å²) < 4.78 is 23.7. The molecule has 6 nitrogen and oxygen atoms in total. The first-order chi connectivity index (χ1) is 25.0. The van der Waals surface area contributed by atoms with Gasteiger partial charge in [-0.15, -0.1) is 5.73 Å². The molecule has 1 unspecified atom stereocenters. The molecule has 0 radical (unpaired) electrons. The molecule has 2 aromatic carbocycles. The lowest BCUT2D eigenvalue weighted by molar-refractivity contribution is 0.0911. The summed E-state index contributed by atoms with van der Waals surface area (Å²) in [6.45, 7) is 17.1. The first kappa shape index (κ1) is 40.2. The highest BCUT2D eigenvalue weighted by atomic mass is 16.5. The van der Waals surface area contributed by atoms with Gasteiger partial charge in [-0.05, 0) is 157 Å². The van der Waals surface area contributed by atoms with E-state index in [1.165, 1.54) is 11.1 Å². The fraction of sp³-hybridized carbons (Fsp3) is 0.457. The van der Waals surface area contributed by atoms with Crippen molar-refractivity contribution in [2.24, 2.45) is 17.8 Å². The number of ketones is 2. The number of unbranched alkanes of at least 4 members (excludes halogenated alkanes) is 2. The van der Waals surface area contributed by atoms with E-state index in [-0.39, 0.29) is 17.5 Å². The van der Waals surface area contributed by atoms with Crippen LogP contribution in [-0.4, -0.2) is 39.0 Å². The summed E-state index contributed by atoms with van der Waals surface area (Å²) in [6.07, 6.45) is 17.4. The smallest absolute Gasteiger partial charge is 0.186 e. The van der Waals surface area contributed by atoms with Crippen LogP contribution in [-0.2, 0) is 0 Å². The third-order valence-corrected chi connectivity index (χ3v) is 10.3. The molecule has 3 atom stereocenters. The summed E-state index contributed by atoms with van der Waals surface area (Å²) in [5, 5.41) is 0. The first-order valence-corrected chi connectivity index (χ1v) is 18.7. The number of hydrogen-bond donors (Lipinski definition) is 0. The van der Waals surface area contributed by atoms with Crippen molar-refractivity contribution in [3.05, 3.63) is 106 Å². The van der Waals surface area contributed by atoms with Crippen molar-refractivity contribution in [3.8, 4) is 23.0 Å². The van der Waals surface area contributed by atoms with Crippen LogP contribution < -0.4 is 18.9 Å². The van der Waals surface area contributed by atoms with Crippen molar-refractivity contribution >= 4 is 17.1 Å². The van der Waals surface area contributed by atoms with E-state index in [0.29, 0.717) is 59.2 Å². The fourth-order valence-electron chi connectivity index (χ4n) is 7.32. The van der Waals surface area contributed by atoms with E-state index in [1.807, 2.05) is 38.1 Å². The number of fused-ring (bicyclic) bond motifs is 1. The molecular weight excluding hydrogens is 648 g/mol. The second kappa shape index (κ2) is 19.3. The van der Waals surface area contributed by atoms with Gasteiger partial charge in [-0.2, -0.15) is 0 Å². The summed E-state index contributed by atoms with van der Waals surface area (Å²) >= 11 is 0. The van der Waals surface area contributed by atoms with Crippen LogP contribution in [0.15, 0.2) is 83.7 Å². The molecule has 2 aliphatic rings. The van der Waals surface area contributed by atoms with E-state index in [1.54, 1.807) is 26.4 Å². The number of carbonyl (C=O) groups excluding carboxylic acids is 2. The monoisotopic (exact) mass is 706 g/mol. The molecule has 0 bridgehead atoms. The molecule has 2 aromatic rings. The van der Waals surface area contributed by atoms with Crippen molar-refractivity contribution in [1.82, 2.24) is 0 Å². The van der Waals surface area contributed by atoms with Gasteiger partial charge in [0.2, 0.25) is 0 Å². The van der Waals surface area contributed by atoms with E-state index < -0.39 is 0 Å². The lowest BCUT2D eigenvalue weighted by Crippen LogP contribution is -2.17. The lowest BCUT2D eigenvalue weighted by Gasteiger charge is -2.20. The second-order valence-corrected chi connectivity index (χ2v) is 14.6. The number of rotatable bonds is 15. The van der Waals surface area contributed by atoms with E-state index in [2.05, 4.69) is 58.2 Å². The highest BCUT2D eigenvalue weighted by Crippen LogP contribution is 2.38. The van der Waals surface area contributed by atoms with Crippen LogP contribution in [0.1, 0.15) is 118 Å². The molecule has 4 rings (SSSR count). The number of aryl methyl sites for hydroxylation is 1. The summed E-state index contributed by atoms with van der Waals surface area (Å²) in [5.74, 6) is 3.19. The number of methoxy groups -OCH3 is 2. The minimum Gasteiger partial charge on any atom is -0.493 e. The van der Waals surface area contributed by atoms with Gasteiger partial charge in [0, 0.05) is 17.0 Å². The molecule has 6 heteroatoms. The van der Waals surface area contributed by atoms with Gasteiger partial charge in [0.15, 0.2) is 34.6 Å². The molecule has 0 saturated carbocycles. The van der Waals surface area contributed by atoms with Gasteiger partial charge in [0.05, 0.1) is 27.4 Å². The average molecular weight is 707 g/mol. The Morgan fingerprint density at radius 1 is 0.923 bits per heavy atom. The highest BCUT2D eigenvalue weighted by molar-refractivity contribution is 6.06. The van der Waals surface area contributed by atoms with Gasteiger partial charge in [0.25, 0.3) is 0 Å². The summed E-state index contributed by atoms with van der Waals surface area (Å²) in [7, 11) is 3.22. The highest BCUT2D eigenvalue weighted by Gasteiger charge is 2.26. The maximum Gasteiger partial charge on any atom is 0.186 e. The zero-order valence-electron chi connectivity index (χ0n) is 32.7. The molecule has 278 valence electrons. The quantitative estimate of drug-likeness (QED) is 0.0604. The number of allylic oxidation sites excluding steroid dienone is 9. The Hall–Kier alpha value is -4.54. The van der Waals surface area contributed by atoms with Gasteiger partial charge < -0.3 is 18.9 Å². The predicted molar refractivity (Wildman–Crippen MR) is 212 cm³/mol. The van der Waals surface area contributed by atoms with E-state index in [0.717, 1.165) is 73.6 Å². The van der Waals surface area contributed by atoms with Crippen LogP contribution in [0.4, 0.5) is 0 Å². The first-order valence-electron chi connectivity index (χ1n) is 18.7. The molecule has 0 heterocycles. The molecule has 0 saturated heterocycles. The van der Waals surface area contributed by atoms with E-state index >= 15 is 0 Å². The Bertz CT molecular complexity index is 1780. The third kappa shape index (κ3) is 10.7. The lowest BCUT2D eigenvalue weighted by atomic mass is 9.85. The molecular formula is C46H58O6. The maximum absolute atomic E-state index is 13.7. The maximum atomic E-state index is 13.7.